The molecule has 1 aromatic rings. The molecule has 0 heterocycles. The van der Waals surface area contributed by atoms with Crippen molar-refractivity contribution in [1.82, 2.24) is 5.32 Å². The molecule has 3 atom stereocenters. The molecule has 0 aliphatic heterocycles. The molecule has 2 fully saturated rings. The minimum Gasteiger partial charge on any atom is -0.349 e. The fourth-order valence-electron chi connectivity index (χ4n) is 4.06. The maximum Gasteiger partial charge on any atom is 0.251 e. The molecule has 0 spiro atoms. The van der Waals surface area contributed by atoms with Crippen molar-refractivity contribution in [3.8, 4) is 0 Å². The molecule has 1 aromatic carbocycles. The van der Waals surface area contributed by atoms with Crippen LogP contribution in [0.1, 0.15) is 41.6 Å². The summed E-state index contributed by atoms with van der Waals surface area (Å²) in [6.07, 6.45) is 5.99. The molecule has 23 heavy (non-hydrogen) atoms. The van der Waals surface area contributed by atoms with Crippen LogP contribution in [0.2, 0.25) is 0 Å². The first-order chi connectivity index (χ1) is 10.8. The number of amides is 1. The van der Waals surface area contributed by atoms with Gasteiger partial charge in [0.25, 0.3) is 5.91 Å². The third-order valence-electron chi connectivity index (χ3n) is 5.44. The summed E-state index contributed by atoms with van der Waals surface area (Å²) in [5.41, 5.74) is 1.80. The highest BCUT2D eigenvalue weighted by molar-refractivity contribution is 7.92. The van der Waals surface area contributed by atoms with Crippen molar-refractivity contribution in [3.05, 3.63) is 29.3 Å². The summed E-state index contributed by atoms with van der Waals surface area (Å²) in [6.45, 7) is 1.80. The van der Waals surface area contributed by atoms with Gasteiger partial charge in [0.05, 0.1) is 11.9 Å². The van der Waals surface area contributed by atoms with E-state index in [-0.39, 0.29) is 11.9 Å². The first-order valence-corrected chi connectivity index (χ1v) is 9.96. The second-order valence-electron chi connectivity index (χ2n) is 6.94. The molecule has 2 aliphatic carbocycles. The number of nitrogens with zero attached hydrogens (tertiary/aromatic N) is 1. The molecule has 1 amide bonds. The lowest BCUT2D eigenvalue weighted by Crippen LogP contribution is -2.39. The van der Waals surface area contributed by atoms with Gasteiger partial charge in [-0.1, -0.05) is 12.5 Å². The molecule has 3 rings (SSSR count). The van der Waals surface area contributed by atoms with Gasteiger partial charge in [-0.2, -0.15) is 0 Å². The minimum atomic E-state index is -3.35. The first kappa shape index (κ1) is 16.3. The van der Waals surface area contributed by atoms with E-state index in [4.69, 9.17) is 0 Å². The minimum absolute atomic E-state index is 0.0937. The summed E-state index contributed by atoms with van der Waals surface area (Å²) in [5.74, 6) is 1.30. The molecule has 0 unspecified atom stereocenters. The standard InChI is InChI=1S/C17H24N2O3S/c1-11-14(5-4-6-16(11)19(2)23(3,21)22)17(20)18-15-10-12-7-8-13(15)9-12/h4-6,12-13,15H,7-10H2,1-3H3,(H,18,20)/t12-,13-,15+/m1/s1. The number of anilines is 1. The number of carbonyl (C=O) groups is 1. The van der Waals surface area contributed by atoms with Crippen molar-refractivity contribution in [2.45, 2.75) is 38.6 Å². The lowest BCUT2D eigenvalue weighted by Gasteiger charge is -2.24. The number of rotatable bonds is 4. The highest BCUT2D eigenvalue weighted by Crippen LogP contribution is 2.44. The fourth-order valence-corrected chi connectivity index (χ4v) is 4.61. The zero-order valence-electron chi connectivity index (χ0n) is 13.9. The lowest BCUT2D eigenvalue weighted by molar-refractivity contribution is 0.0922. The van der Waals surface area contributed by atoms with E-state index in [0.29, 0.717) is 22.7 Å². The molecular weight excluding hydrogens is 312 g/mol. The summed E-state index contributed by atoms with van der Waals surface area (Å²) in [4.78, 5) is 12.6. The van der Waals surface area contributed by atoms with Crippen LogP contribution in [0.25, 0.3) is 0 Å². The van der Waals surface area contributed by atoms with Crippen molar-refractivity contribution in [1.29, 1.82) is 0 Å². The zero-order chi connectivity index (χ0) is 16.8. The molecule has 2 aliphatic rings. The summed E-state index contributed by atoms with van der Waals surface area (Å²) < 4.78 is 24.7. The van der Waals surface area contributed by atoms with Gasteiger partial charge in [0.15, 0.2) is 0 Å². The summed E-state index contributed by atoms with van der Waals surface area (Å²) in [7, 11) is -1.84. The van der Waals surface area contributed by atoms with Crippen LogP contribution < -0.4 is 9.62 Å². The smallest absolute Gasteiger partial charge is 0.251 e. The second kappa shape index (κ2) is 5.82. The van der Waals surface area contributed by atoms with Crippen LogP contribution in [0.3, 0.4) is 0 Å². The maximum absolute atomic E-state index is 12.6. The molecule has 1 N–H and O–H groups in total. The molecule has 2 saturated carbocycles. The summed E-state index contributed by atoms with van der Waals surface area (Å²) in [6, 6.07) is 5.50. The van der Waals surface area contributed by atoms with Gasteiger partial charge < -0.3 is 5.32 Å². The monoisotopic (exact) mass is 336 g/mol. The van der Waals surface area contributed by atoms with Crippen molar-refractivity contribution in [2.24, 2.45) is 11.8 Å². The quantitative estimate of drug-likeness (QED) is 0.917. The highest BCUT2D eigenvalue weighted by atomic mass is 32.2. The Kier molecular flexibility index (Phi) is 4.12. The van der Waals surface area contributed by atoms with Crippen LogP contribution in [-0.2, 0) is 10.0 Å². The van der Waals surface area contributed by atoms with E-state index in [0.717, 1.165) is 18.6 Å². The second-order valence-corrected chi connectivity index (χ2v) is 8.95. The Morgan fingerprint density at radius 2 is 2.00 bits per heavy atom. The van der Waals surface area contributed by atoms with Crippen molar-refractivity contribution < 1.29 is 13.2 Å². The topological polar surface area (TPSA) is 66.5 Å². The average Bonchev–Trinajstić information content (AvgIpc) is 3.08. The molecule has 0 radical (unpaired) electrons. The summed E-state index contributed by atoms with van der Waals surface area (Å²) in [5, 5.41) is 3.17. The van der Waals surface area contributed by atoms with E-state index in [1.807, 2.05) is 0 Å². The Balaban J connectivity index is 1.81. The molecule has 0 saturated heterocycles. The Labute approximate surface area is 138 Å². The normalized spacial score (nSPS) is 26.3. The molecule has 0 aromatic heterocycles. The van der Waals surface area contributed by atoms with Crippen LogP contribution in [0.4, 0.5) is 5.69 Å². The summed E-state index contributed by atoms with van der Waals surface area (Å²) >= 11 is 0. The third kappa shape index (κ3) is 3.09. The Bertz CT molecular complexity index is 729. The molecule has 2 bridgehead atoms. The van der Waals surface area contributed by atoms with Gasteiger partial charge in [-0.05, 0) is 55.7 Å². The maximum atomic E-state index is 12.6. The Morgan fingerprint density at radius 3 is 2.57 bits per heavy atom. The molecule has 126 valence electrons. The van der Waals surface area contributed by atoms with Gasteiger partial charge in [-0.15, -0.1) is 0 Å². The van der Waals surface area contributed by atoms with Gasteiger partial charge >= 0.3 is 0 Å². The number of nitrogens with one attached hydrogen (secondary N) is 1. The van der Waals surface area contributed by atoms with Gasteiger partial charge in [0.2, 0.25) is 10.0 Å². The number of benzene rings is 1. The third-order valence-corrected chi connectivity index (χ3v) is 6.63. The molecular formula is C17H24N2O3S. The van der Waals surface area contributed by atoms with Crippen molar-refractivity contribution >= 4 is 21.6 Å². The highest BCUT2D eigenvalue weighted by Gasteiger charge is 2.40. The van der Waals surface area contributed by atoms with Crippen molar-refractivity contribution in [2.75, 3.05) is 17.6 Å². The van der Waals surface area contributed by atoms with Crippen LogP contribution in [-0.4, -0.2) is 33.7 Å². The van der Waals surface area contributed by atoms with Gasteiger partial charge in [0, 0.05) is 18.7 Å². The van der Waals surface area contributed by atoms with Crippen LogP contribution in [0.5, 0.6) is 0 Å². The lowest BCUT2D eigenvalue weighted by atomic mass is 9.95. The number of hydrogen-bond donors (Lipinski definition) is 1. The van der Waals surface area contributed by atoms with Crippen LogP contribution >= 0.6 is 0 Å². The van der Waals surface area contributed by atoms with E-state index < -0.39 is 10.0 Å². The fraction of sp³-hybridized carbons (Fsp3) is 0.588. The predicted molar refractivity (Wildman–Crippen MR) is 91.1 cm³/mol. The number of hydrogen-bond acceptors (Lipinski definition) is 3. The first-order valence-electron chi connectivity index (χ1n) is 8.11. The van der Waals surface area contributed by atoms with E-state index in [1.54, 1.807) is 25.1 Å². The van der Waals surface area contributed by atoms with E-state index in [9.17, 15) is 13.2 Å². The van der Waals surface area contributed by atoms with Gasteiger partial charge in [0.1, 0.15) is 0 Å². The number of sulfonamides is 1. The van der Waals surface area contributed by atoms with Crippen LogP contribution in [0.15, 0.2) is 18.2 Å². The van der Waals surface area contributed by atoms with E-state index in [1.165, 1.54) is 30.6 Å². The SMILES string of the molecule is Cc1c(C(=O)N[C@H]2C[C@@H]3CC[C@@H]2C3)cccc1N(C)S(C)(=O)=O. The predicted octanol–water partition coefficient (Wildman–Crippen LogP) is 2.31. The van der Waals surface area contributed by atoms with E-state index >= 15 is 0 Å². The van der Waals surface area contributed by atoms with Crippen molar-refractivity contribution in [3.63, 3.8) is 0 Å². The van der Waals surface area contributed by atoms with Gasteiger partial charge in [-0.25, -0.2) is 8.42 Å². The number of fused-ring (bicyclic) bond motifs is 2. The average molecular weight is 336 g/mol. The van der Waals surface area contributed by atoms with Crippen LogP contribution in [0, 0.1) is 18.8 Å². The number of carbonyl (C=O) groups excluding carboxylic acids is 1. The molecule has 5 nitrogen and oxygen atoms in total. The zero-order valence-corrected chi connectivity index (χ0v) is 14.7. The Hall–Kier alpha value is -1.56. The molecule has 6 heteroatoms. The van der Waals surface area contributed by atoms with E-state index in [2.05, 4.69) is 5.32 Å². The Morgan fingerprint density at radius 1 is 1.26 bits per heavy atom. The van der Waals surface area contributed by atoms with Gasteiger partial charge in [-0.3, -0.25) is 9.10 Å². The largest absolute Gasteiger partial charge is 0.349 e.